The highest BCUT2D eigenvalue weighted by atomic mass is 19.1. The Morgan fingerprint density at radius 2 is 1.74 bits per heavy atom. The lowest BCUT2D eigenvalue weighted by atomic mass is 9.82. The molecule has 3 aliphatic rings. The Kier molecular flexibility index (Phi) is 14.4. The SMILES string of the molecule is CC(C)C.N#CC1CC(C(=O)Nc2ncccc2O)CN1C=O.O=C(NCC(=O)N1CC2CCCCC2C1)OCc1ccc(F)cc1. The van der Waals surface area contributed by atoms with Gasteiger partial charge in [-0.15, -0.1) is 0 Å². The number of nitrogens with one attached hydrogen (secondary N) is 2. The van der Waals surface area contributed by atoms with Gasteiger partial charge in [-0.25, -0.2) is 14.2 Å². The highest BCUT2D eigenvalue weighted by molar-refractivity contribution is 5.93. The number of pyridine rings is 1. The first kappa shape index (κ1) is 36.7. The smallest absolute Gasteiger partial charge is 0.407 e. The maximum Gasteiger partial charge on any atom is 0.407 e. The number of hydrogen-bond acceptors (Lipinski definition) is 8. The summed E-state index contributed by atoms with van der Waals surface area (Å²) in [6, 6.07) is 10.1. The van der Waals surface area contributed by atoms with Crippen LogP contribution in [-0.2, 0) is 25.7 Å². The van der Waals surface area contributed by atoms with Crippen LogP contribution in [0.25, 0.3) is 0 Å². The molecule has 254 valence electrons. The fourth-order valence-electron chi connectivity index (χ4n) is 5.66. The summed E-state index contributed by atoms with van der Waals surface area (Å²) in [5.74, 6) is 0.822. The van der Waals surface area contributed by atoms with E-state index in [1.54, 1.807) is 18.2 Å². The van der Waals surface area contributed by atoms with Crippen molar-refractivity contribution in [3.8, 4) is 11.8 Å². The third-order valence-corrected chi connectivity index (χ3v) is 8.02. The molecule has 2 aromatic rings. The summed E-state index contributed by atoms with van der Waals surface area (Å²) in [7, 11) is 0. The van der Waals surface area contributed by atoms with Gasteiger partial charge in [0, 0.05) is 25.8 Å². The van der Waals surface area contributed by atoms with Gasteiger partial charge in [0.15, 0.2) is 11.6 Å². The number of nitrogens with zero attached hydrogens (tertiary/aromatic N) is 4. The van der Waals surface area contributed by atoms with Crippen LogP contribution in [0.5, 0.6) is 5.75 Å². The van der Waals surface area contributed by atoms with E-state index in [4.69, 9.17) is 10.00 Å². The molecule has 0 bridgehead atoms. The normalized spacial score (nSPS) is 21.2. The molecule has 3 heterocycles. The monoisotopic (exact) mass is 652 g/mol. The lowest BCUT2D eigenvalue weighted by molar-refractivity contribution is -0.129. The lowest BCUT2D eigenvalue weighted by Gasteiger charge is -2.22. The van der Waals surface area contributed by atoms with Crippen molar-refractivity contribution in [1.82, 2.24) is 20.1 Å². The molecule has 4 unspecified atom stereocenters. The Morgan fingerprint density at radius 3 is 2.30 bits per heavy atom. The number of nitriles is 1. The molecule has 4 atom stereocenters. The van der Waals surface area contributed by atoms with Crippen LogP contribution >= 0.6 is 0 Å². The van der Waals surface area contributed by atoms with Gasteiger partial charge in [-0.2, -0.15) is 5.26 Å². The van der Waals surface area contributed by atoms with Gasteiger partial charge in [0.2, 0.25) is 18.2 Å². The zero-order chi connectivity index (χ0) is 34.3. The van der Waals surface area contributed by atoms with E-state index in [1.807, 2.05) is 11.0 Å². The van der Waals surface area contributed by atoms with E-state index in [9.17, 15) is 28.7 Å². The minimum absolute atomic E-state index is 0.0400. The number of amides is 4. The standard InChI is InChI=1S/C18H23FN2O3.C12H12N4O3.C4H10/c19-16-7-5-13(6-8-16)12-24-18(23)20-9-17(22)21-10-14-3-1-2-4-15(14)11-21;13-5-9-4-8(6-16(9)7-17)12(19)15-11-10(18)2-1-3-14-11;1-4(2)3/h5-8,14-15H,1-4,9-12H2,(H,20,23);1-3,7-9,18H,4,6H2,(H,14,15,19);4H,1-3H3. The number of aromatic nitrogens is 1. The zero-order valence-electron chi connectivity index (χ0n) is 27.2. The predicted molar refractivity (Wildman–Crippen MR) is 172 cm³/mol. The number of rotatable bonds is 7. The van der Waals surface area contributed by atoms with E-state index >= 15 is 0 Å². The average Bonchev–Trinajstić information content (AvgIpc) is 3.69. The number of alkyl carbamates (subject to hydrolysis) is 1. The average molecular weight is 653 g/mol. The summed E-state index contributed by atoms with van der Waals surface area (Å²) in [6.45, 7) is 8.34. The summed E-state index contributed by atoms with van der Waals surface area (Å²) in [4.78, 5) is 53.6. The minimum atomic E-state index is -0.635. The molecule has 3 fully saturated rings. The summed E-state index contributed by atoms with van der Waals surface area (Å²) < 4.78 is 17.8. The Labute approximate surface area is 275 Å². The van der Waals surface area contributed by atoms with Crippen molar-refractivity contribution in [1.29, 1.82) is 5.26 Å². The maximum atomic E-state index is 12.8. The second kappa shape index (κ2) is 18.4. The molecule has 12 nitrogen and oxygen atoms in total. The molecular weight excluding hydrogens is 607 g/mol. The molecule has 4 amide bonds. The minimum Gasteiger partial charge on any atom is -0.504 e. The molecule has 2 saturated heterocycles. The first-order chi connectivity index (χ1) is 22.5. The van der Waals surface area contributed by atoms with E-state index in [1.165, 1.54) is 55.0 Å². The van der Waals surface area contributed by atoms with Crippen LogP contribution in [0.4, 0.5) is 15.0 Å². The highest BCUT2D eigenvalue weighted by Gasteiger charge is 2.37. The third-order valence-electron chi connectivity index (χ3n) is 8.02. The molecule has 2 aliphatic heterocycles. The summed E-state index contributed by atoms with van der Waals surface area (Å²) >= 11 is 0. The van der Waals surface area contributed by atoms with Crippen molar-refractivity contribution in [2.75, 3.05) is 31.5 Å². The molecule has 0 spiro atoms. The van der Waals surface area contributed by atoms with Crippen LogP contribution in [0.1, 0.15) is 58.4 Å². The van der Waals surface area contributed by atoms with Crippen LogP contribution < -0.4 is 10.6 Å². The second-order valence-electron chi connectivity index (χ2n) is 12.6. The Balaban J connectivity index is 0.000000235. The molecule has 1 aromatic carbocycles. The molecule has 1 saturated carbocycles. The molecular formula is C34H45FN6O6. The van der Waals surface area contributed by atoms with Crippen molar-refractivity contribution >= 4 is 30.1 Å². The molecule has 3 N–H and O–H groups in total. The number of carbonyl (C=O) groups excluding carboxylic acids is 4. The van der Waals surface area contributed by atoms with Gasteiger partial charge in [0.1, 0.15) is 25.0 Å². The number of ether oxygens (including phenoxy) is 1. The Hall–Kier alpha value is -4.73. The van der Waals surface area contributed by atoms with Gasteiger partial charge < -0.3 is 30.3 Å². The number of aromatic hydroxyl groups is 1. The van der Waals surface area contributed by atoms with E-state index in [0.29, 0.717) is 23.8 Å². The van der Waals surface area contributed by atoms with Crippen molar-refractivity contribution in [2.45, 2.75) is 65.5 Å². The number of likely N-dealkylation sites (tertiary alicyclic amines) is 2. The summed E-state index contributed by atoms with van der Waals surface area (Å²) in [5, 5.41) is 23.4. The number of hydrogen-bond donors (Lipinski definition) is 3. The molecule has 13 heteroatoms. The number of halogens is 1. The van der Waals surface area contributed by atoms with Crippen LogP contribution in [0, 0.1) is 40.8 Å². The van der Waals surface area contributed by atoms with Gasteiger partial charge >= 0.3 is 6.09 Å². The fraction of sp³-hybridized carbons (Fsp3) is 0.529. The number of benzene rings is 1. The first-order valence-electron chi connectivity index (χ1n) is 16.0. The molecule has 1 aliphatic carbocycles. The van der Waals surface area contributed by atoms with Gasteiger partial charge in [0.05, 0.1) is 12.0 Å². The van der Waals surface area contributed by atoms with Crippen molar-refractivity contribution in [2.24, 2.45) is 23.7 Å². The largest absolute Gasteiger partial charge is 0.504 e. The van der Waals surface area contributed by atoms with Crippen LogP contribution in [0.15, 0.2) is 42.6 Å². The van der Waals surface area contributed by atoms with E-state index in [-0.39, 0.29) is 55.3 Å². The summed E-state index contributed by atoms with van der Waals surface area (Å²) in [6.07, 6.45) is 6.61. The topological polar surface area (TPSA) is 165 Å². The zero-order valence-corrected chi connectivity index (χ0v) is 27.2. The van der Waals surface area contributed by atoms with E-state index in [2.05, 4.69) is 36.4 Å². The van der Waals surface area contributed by atoms with Crippen molar-refractivity contribution in [3.63, 3.8) is 0 Å². The maximum absolute atomic E-state index is 12.8. The van der Waals surface area contributed by atoms with Gasteiger partial charge in [-0.1, -0.05) is 45.7 Å². The van der Waals surface area contributed by atoms with Gasteiger partial charge in [-0.3, -0.25) is 14.4 Å². The van der Waals surface area contributed by atoms with E-state index < -0.39 is 18.1 Å². The van der Waals surface area contributed by atoms with Gasteiger partial charge in [-0.05, 0) is 66.8 Å². The molecule has 0 radical (unpaired) electrons. The van der Waals surface area contributed by atoms with Gasteiger partial charge in [0.25, 0.3) is 0 Å². The number of anilines is 1. The molecule has 47 heavy (non-hydrogen) atoms. The number of carbonyl (C=O) groups is 4. The Bertz CT molecular complexity index is 1370. The highest BCUT2D eigenvalue weighted by Crippen LogP contribution is 2.36. The van der Waals surface area contributed by atoms with Crippen LogP contribution in [0.3, 0.4) is 0 Å². The molecule has 1 aromatic heterocycles. The summed E-state index contributed by atoms with van der Waals surface area (Å²) in [5.41, 5.74) is 0.696. The molecule has 5 rings (SSSR count). The quantitative estimate of drug-likeness (QED) is 0.369. The van der Waals surface area contributed by atoms with Crippen molar-refractivity contribution in [3.05, 3.63) is 54.0 Å². The van der Waals surface area contributed by atoms with E-state index in [0.717, 1.165) is 19.0 Å². The predicted octanol–water partition coefficient (Wildman–Crippen LogP) is 4.46. The van der Waals surface area contributed by atoms with Crippen LogP contribution in [-0.4, -0.2) is 76.4 Å². The number of fused-ring (bicyclic) bond motifs is 1. The van der Waals surface area contributed by atoms with Crippen LogP contribution in [0.2, 0.25) is 0 Å². The third kappa shape index (κ3) is 11.9. The first-order valence-corrected chi connectivity index (χ1v) is 16.0. The second-order valence-corrected chi connectivity index (χ2v) is 12.6. The Morgan fingerprint density at radius 1 is 1.11 bits per heavy atom. The lowest BCUT2D eigenvalue weighted by Crippen LogP contribution is -2.39. The fourth-order valence-corrected chi connectivity index (χ4v) is 5.66. The van der Waals surface area contributed by atoms with Crippen molar-refractivity contribution < 1.29 is 33.4 Å².